The quantitative estimate of drug-likeness (QED) is 0.255. The lowest BCUT2D eigenvalue weighted by Crippen LogP contribution is -2.40. The van der Waals surface area contributed by atoms with E-state index in [1.54, 1.807) is 54.6 Å². The second kappa shape index (κ2) is 12.3. The first kappa shape index (κ1) is 29.0. The molecule has 1 heterocycles. The van der Waals surface area contributed by atoms with E-state index < -0.39 is 45.9 Å². The molecule has 1 atom stereocenters. The molecule has 9 nitrogen and oxygen atoms in total. The number of ether oxygens (including phenoxy) is 2. The van der Waals surface area contributed by atoms with Gasteiger partial charge in [0, 0.05) is 5.69 Å². The fourth-order valence-electron chi connectivity index (χ4n) is 3.87. The molecule has 2 aromatic carbocycles. The predicted molar refractivity (Wildman–Crippen MR) is 147 cm³/mol. The normalized spacial score (nSPS) is 12.1. The molecule has 200 valence electrons. The molecule has 3 rings (SSSR count). The Bertz CT molecular complexity index is 1500. The van der Waals surface area contributed by atoms with Crippen molar-refractivity contribution >= 4 is 37.9 Å². The minimum Gasteiger partial charge on any atom is -0.468 e. The van der Waals surface area contributed by atoms with Crippen LogP contribution in [0.15, 0.2) is 82.6 Å². The molecule has 0 saturated heterocycles. The molecular weight excluding hydrogens is 576 g/mol. The van der Waals surface area contributed by atoms with Crippen molar-refractivity contribution in [1.82, 2.24) is 8.87 Å². The Morgan fingerprint density at radius 1 is 1.08 bits per heavy atom. The third-order valence-corrected chi connectivity index (χ3v) is 8.49. The number of benzene rings is 2. The van der Waals surface area contributed by atoms with Gasteiger partial charge in [-0.3, -0.25) is 14.2 Å². The smallest absolute Gasteiger partial charge is 0.339 e. The molecule has 0 N–H and O–H groups in total. The summed E-state index contributed by atoms with van der Waals surface area (Å²) < 4.78 is 39.8. The van der Waals surface area contributed by atoms with Gasteiger partial charge in [0.05, 0.1) is 36.5 Å². The minimum atomic E-state index is -4.32. The van der Waals surface area contributed by atoms with Crippen molar-refractivity contribution in [2.24, 2.45) is 0 Å². The Hall–Kier alpha value is -3.54. The maximum absolute atomic E-state index is 14.0. The first-order valence-electron chi connectivity index (χ1n) is 11.4. The van der Waals surface area contributed by atoms with Gasteiger partial charge in [0.15, 0.2) is 0 Å². The number of carbonyl (C=O) groups is 2. The van der Waals surface area contributed by atoms with E-state index in [4.69, 9.17) is 9.47 Å². The van der Waals surface area contributed by atoms with Gasteiger partial charge < -0.3 is 9.47 Å². The van der Waals surface area contributed by atoms with Gasteiger partial charge in [-0.1, -0.05) is 54.1 Å². The summed E-state index contributed by atoms with van der Waals surface area (Å²) >= 11 is 3.19. The molecule has 1 unspecified atom stereocenters. The van der Waals surface area contributed by atoms with E-state index in [1.165, 1.54) is 23.8 Å². The lowest BCUT2D eigenvalue weighted by Gasteiger charge is -2.27. The van der Waals surface area contributed by atoms with Crippen LogP contribution in [0.1, 0.15) is 32.4 Å². The van der Waals surface area contributed by atoms with Crippen LogP contribution in [0.5, 0.6) is 0 Å². The Balaban J connectivity index is 2.27. The third kappa shape index (κ3) is 6.12. The lowest BCUT2D eigenvalue weighted by molar-refractivity contribution is -0.140. The topological polar surface area (TPSA) is 112 Å². The van der Waals surface area contributed by atoms with Crippen LogP contribution in [-0.4, -0.2) is 50.0 Å². The summed E-state index contributed by atoms with van der Waals surface area (Å²) in [5, 5.41) is -1.22. The average molecular weight is 603 g/mol. The fourth-order valence-corrected chi connectivity index (χ4v) is 5.93. The second-order valence-electron chi connectivity index (χ2n) is 8.28. The number of sulfonamides is 1. The molecular formula is C27H27BrN2O7S. The Morgan fingerprint density at radius 2 is 1.71 bits per heavy atom. The molecule has 0 fully saturated rings. The molecule has 0 aliphatic heterocycles. The Labute approximate surface area is 229 Å². The highest BCUT2D eigenvalue weighted by Gasteiger charge is 2.35. The first-order chi connectivity index (χ1) is 18.0. The number of halogens is 1. The molecule has 11 heteroatoms. The van der Waals surface area contributed by atoms with E-state index >= 15 is 0 Å². The third-order valence-electron chi connectivity index (χ3n) is 5.84. The van der Waals surface area contributed by atoms with E-state index in [1.807, 2.05) is 6.92 Å². The summed E-state index contributed by atoms with van der Waals surface area (Å²) in [4.78, 5) is 38.5. The summed E-state index contributed by atoms with van der Waals surface area (Å²) in [5.41, 5.74) is 1.17. The number of methoxy groups -OCH3 is 2. The zero-order valence-corrected chi connectivity index (χ0v) is 23.5. The molecule has 0 amide bonds. The van der Waals surface area contributed by atoms with Gasteiger partial charge in [-0.25, -0.2) is 13.2 Å². The van der Waals surface area contributed by atoms with Gasteiger partial charge in [-0.2, -0.15) is 4.31 Å². The van der Waals surface area contributed by atoms with E-state index in [2.05, 4.69) is 22.5 Å². The highest BCUT2D eigenvalue weighted by atomic mass is 79.9. The number of esters is 2. The van der Waals surface area contributed by atoms with Crippen molar-refractivity contribution in [3.63, 3.8) is 0 Å². The van der Waals surface area contributed by atoms with Crippen molar-refractivity contribution in [2.75, 3.05) is 20.8 Å². The molecule has 1 aromatic heterocycles. The van der Waals surface area contributed by atoms with Crippen LogP contribution in [0.3, 0.4) is 0 Å². The first-order valence-corrected chi connectivity index (χ1v) is 13.7. The van der Waals surface area contributed by atoms with Crippen LogP contribution in [0.4, 0.5) is 0 Å². The number of nitrogens with zero attached hydrogens (tertiary/aromatic N) is 2. The van der Waals surface area contributed by atoms with E-state index in [-0.39, 0.29) is 15.7 Å². The largest absolute Gasteiger partial charge is 0.468 e. The zero-order chi connectivity index (χ0) is 28.0. The number of hydrogen-bond donors (Lipinski definition) is 0. The minimum absolute atomic E-state index is 0.00967. The number of aryl methyl sites for hydroxylation is 1. The van der Waals surface area contributed by atoms with Crippen LogP contribution in [0.2, 0.25) is 0 Å². The fraction of sp³-hybridized carbons (Fsp3) is 0.222. The number of rotatable bonds is 10. The number of aromatic nitrogens is 1. The van der Waals surface area contributed by atoms with Crippen LogP contribution in [0.25, 0.3) is 5.69 Å². The molecule has 0 bridgehead atoms. The van der Waals surface area contributed by atoms with Crippen LogP contribution < -0.4 is 5.56 Å². The Morgan fingerprint density at radius 3 is 2.26 bits per heavy atom. The number of para-hydroxylation sites is 1. The van der Waals surface area contributed by atoms with Crippen molar-refractivity contribution in [1.29, 1.82) is 0 Å². The van der Waals surface area contributed by atoms with Gasteiger partial charge in [0.2, 0.25) is 10.0 Å². The summed E-state index contributed by atoms with van der Waals surface area (Å²) in [7, 11) is -2.01. The standard InChI is InChI=1S/C27H27BrN2O7S/c1-5-24(19-13-11-18(2)12-14-19)38(34,35)29(17-25(31)36-3)16-23-21(27(33)37-4)15-22(28)26(32)30(23)20-9-7-6-8-10-20/h5-15,24H,1,16-17H2,2-4H3. The number of carbonyl (C=O) groups excluding carboxylic acids is 2. The van der Waals surface area contributed by atoms with Crippen molar-refractivity contribution in [3.05, 3.63) is 111 Å². The molecule has 3 aromatic rings. The summed E-state index contributed by atoms with van der Waals surface area (Å²) in [6.45, 7) is 4.39. The molecule has 0 saturated carbocycles. The van der Waals surface area contributed by atoms with Crippen LogP contribution in [-0.2, 0) is 30.8 Å². The average Bonchev–Trinajstić information content (AvgIpc) is 2.91. The maximum atomic E-state index is 14.0. The van der Waals surface area contributed by atoms with Gasteiger partial charge in [0.25, 0.3) is 5.56 Å². The van der Waals surface area contributed by atoms with Gasteiger partial charge in [-0.05, 0) is 46.6 Å². The summed E-state index contributed by atoms with van der Waals surface area (Å²) in [5.74, 6) is -1.62. The zero-order valence-electron chi connectivity index (χ0n) is 21.1. The lowest BCUT2D eigenvalue weighted by atomic mass is 10.1. The highest BCUT2D eigenvalue weighted by molar-refractivity contribution is 9.10. The van der Waals surface area contributed by atoms with E-state index in [0.717, 1.165) is 17.0 Å². The van der Waals surface area contributed by atoms with Crippen molar-refractivity contribution in [3.8, 4) is 5.69 Å². The van der Waals surface area contributed by atoms with Gasteiger partial charge in [0.1, 0.15) is 11.8 Å². The monoisotopic (exact) mass is 602 g/mol. The SMILES string of the molecule is C=CC(c1ccc(C)cc1)S(=O)(=O)N(CC(=O)OC)Cc1c(C(=O)OC)cc(Br)c(=O)n1-c1ccccc1. The van der Waals surface area contributed by atoms with E-state index in [9.17, 15) is 22.8 Å². The number of hydrogen-bond acceptors (Lipinski definition) is 7. The molecule has 38 heavy (non-hydrogen) atoms. The van der Waals surface area contributed by atoms with Crippen molar-refractivity contribution < 1.29 is 27.5 Å². The van der Waals surface area contributed by atoms with Crippen LogP contribution in [0, 0.1) is 6.92 Å². The van der Waals surface area contributed by atoms with Crippen LogP contribution >= 0.6 is 15.9 Å². The predicted octanol–water partition coefficient (Wildman–Crippen LogP) is 3.93. The summed E-state index contributed by atoms with van der Waals surface area (Å²) in [6.07, 6.45) is 1.26. The molecule has 0 radical (unpaired) electrons. The summed E-state index contributed by atoms with van der Waals surface area (Å²) in [6, 6.07) is 16.5. The van der Waals surface area contributed by atoms with Gasteiger partial charge in [-0.15, -0.1) is 6.58 Å². The molecule has 0 aliphatic rings. The molecule has 0 aliphatic carbocycles. The number of pyridine rings is 1. The van der Waals surface area contributed by atoms with Crippen molar-refractivity contribution in [2.45, 2.75) is 18.7 Å². The van der Waals surface area contributed by atoms with E-state index in [0.29, 0.717) is 11.3 Å². The second-order valence-corrected chi connectivity index (χ2v) is 11.2. The maximum Gasteiger partial charge on any atom is 0.339 e. The Kier molecular flexibility index (Phi) is 9.42. The molecule has 0 spiro atoms. The highest BCUT2D eigenvalue weighted by Crippen LogP contribution is 2.30. The van der Waals surface area contributed by atoms with Gasteiger partial charge >= 0.3 is 11.9 Å².